The quantitative estimate of drug-likeness (QED) is 0.903. The molecule has 0 amide bonds. The van der Waals surface area contributed by atoms with E-state index in [1.54, 1.807) is 12.1 Å². The van der Waals surface area contributed by atoms with Gasteiger partial charge in [-0.25, -0.2) is 4.79 Å². The maximum atomic E-state index is 11.0. The summed E-state index contributed by atoms with van der Waals surface area (Å²) in [5.41, 5.74) is 3.17. The van der Waals surface area contributed by atoms with Crippen LogP contribution in [0.1, 0.15) is 15.9 Å². The van der Waals surface area contributed by atoms with Crippen LogP contribution in [-0.4, -0.2) is 11.1 Å². The zero-order valence-corrected chi connectivity index (χ0v) is 10.9. The fourth-order valence-electron chi connectivity index (χ4n) is 1.76. The number of aromatic carboxylic acids is 1. The third-order valence-corrected chi connectivity index (χ3v) is 3.20. The van der Waals surface area contributed by atoms with Crippen LogP contribution in [0.4, 0.5) is 0 Å². The van der Waals surface area contributed by atoms with Gasteiger partial charge >= 0.3 is 5.97 Å². The van der Waals surface area contributed by atoms with Gasteiger partial charge in [0.15, 0.2) is 0 Å². The van der Waals surface area contributed by atoms with Gasteiger partial charge in [0.05, 0.1) is 5.56 Å². The molecule has 1 N–H and O–H groups in total. The Bertz CT molecular complexity index is 576. The molecular formula is C14H11BrO2. The summed E-state index contributed by atoms with van der Waals surface area (Å²) in [5, 5.41) is 9.04. The third kappa shape index (κ3) is 2.56. The van der Waals surface area contributed by atoms with Gasteiger partial charge in [0.2, 0.25) is 0 Å². The first-order valence-electron chi connectivity index (χ1n) is 5.18. The first-order chi connectivity index (χ1) is 8.08. The lowest BCUT2D eigenvalue weighted by atomic mass is 10.0. The second kappa shape index (κ2) is 4.72. The molecule has 0 aromatic heterocycles. The van der Waals surface area contributed by atoms with Gasteiger partial charge in [0.1, 0.15) is 0 Å². The molecule has 0 spiro atoms. The molecule has 0 atom stereocenters. The third-order valence-electron chi connectivity index (χ3n) is 2.51. The van der Waals surface area contributed by atoms with Crippen molar-refractivity contribution in [2.24, 2.45) is 0 Å². The molecule has 2 aromatic carbocycles. The van der Waals surface area contributed by atoms with E-state index in [0.717, 1.165) is 21.2 Å². The first kappa shape index (κ1) is 11.9. The van der Waals surface area contributed by atoms with E-state index in [1.165, 1.54) is 0 Å². The summed E-state index contributed by atoms with van der Waals surface area (Å²) in [7, 11) is 0. The fourth-order valence-corrected chi connectivity index (χ4v) is 2.27. The molecule has 0 saturated heterocycles. The molecule has 0 aliphatic carbocycles. The largest absolute Gasteiger partial charge is 0.478 e. The molecule has 0 heterocycles. The van der Waals surface area contributed by atoms with E-state index in [2.05, 4.69) is 15.9 Å². The molecule has 0 saturated carbocycles. The SMILES string of the molecule is Cc1cc(C(=O)O)cc(-c2ccccc2Br)c1. The van der Waals surface area contributed by atoms with Crippen LogP contribution in [0.2, 0.25) is 0 Å². The summed E-state index contributed by atoms with van der Waals surface area (Å²) in [5.74, 6) is -0.901. The van der Waals surface area contributed by atoms with Crippen LogP contribution in [0.5, 0.6) is 0 Å². The minimum atomic E-state index is -0.901. The molecule has 0 bridgehead atoms. The van der Waals surface area contributed by atoms with Gasteiger partial charge in [0.25, 0.3) is 0 Å². The van der Waals surface area contributed by atoms with Crippen LogP contribution in [0.25, 0.3) is 11.1 Å². The molecule has 0 fully saturated rings. The molecule has 0 aliphatic rings. The van der Waals surface area contributed by atoms with Gasteiger partial charge in [-0.1, -0.05) is 40.2 Å². The number of carboxylic acid groups (broad SMARTS) is 1. The Balaban J connectivity index is 2.60. The van der Waals surface area contributed by atoms with Crippen LogP contribution in [0, 0.1) is 6.92 Å². The molecule has 2 nitrogen and oxygen atoms in total. The highest BCUT2D eigenvalue weighted by Crippen LogP contribution is 2.29. The molecule has 2 aromatic rings. The summed E-state index contributed by atoms with van der Waals surface area (Å²) in [6, 6.07) is 13.1. The van der Waals surface area contributed by atoms with Gasteiger partial charge in [0, 0.05) is 4.47 Å². The number of rotatable bonds is 2. The summed E-state index contributed by atoms with van der Waals surface area (Å²) in [6.07, 6.45) is 0. The van der Waals surface area contributed by atoms with Crippen LogP contribution < -0.4 is 0 Å². The van der Waals surface area contributed by atoms with Crippen molar-refractivity contribution in [3.63, 3.8) is 0 Å². The zero-order chi connectivity index (χ0) is 12.4. The summed E-state index contributed by atoms with van der Waals surface area (Å²) in [6.45, 7) is 1.90. The maximum Gasteiger partial charge on any atom is 0.335 e. The maximum absolute atomic E-state index is 11.0. The number of benzene rings is 2. The molecule has 0 aliphatic heterocycles. The van der Waals surface area contributed by atoms with Gasteiger partial charge < -0.3 is 5.11 Å². The summed E-state index contributed by atoms with van der Waals surface area (Å²) < 4.78 is 0.960. The Morgan fingerprint density at radius 2 is 1.88 bits per heavy atom. The predicted octanol–water partition coefficient (Wildman–Crippen LogP) is 4.12. The van der Waals surface area contributed by atoms with Gasteiger partial charge in [-0.15, -0.1) is 0 Å². The topological polar surface area (TPSA) is 37.3 Å². The van der Waals surface area contributed by atoms with E-state index in [0.29, 0.717) is 5.56 Å². The first-order valence-corrected chi connectivity index (χ1v) is 5.97. The number of hydrogen-bond acceptors (Lipinski definition) is 1. The average molecular weight is 291 g/mol. The van der Waals surface area contributed by atoms with Crippen molar-refractivity contribution in [1.82, 2.24) is 0 Å². The Kier molecular flexibility index (Phi) is 3.29. The van der Waals surface area contributed by atoms with Crippen LogP contribution in [-0.2, 0) is 0 Å². The molecule has 86 valence electrons. The van der Waals surface area contributed by atoms with Crippen LogP contribution in [0.3, 0.4) is 0 Å². The molecule has 3 heteroatoms. The lowest BCUT2D eigenvalue weighted by Gasteiger charge is -2.07. The van der Waals surface area contributed by atoms with E-state index in [4.69, 9.17) is 5.11 Å². The average Bonchev–Trinajstić information content (AvgIpc) is 2.28. The Labute approximate surface area is 108 Å². The number of hydrogen-bond donors (Lipinski definition) is 1. The Morgan fingerprint density at radius 1 is 1.18 bits per heavy atom. The lowest BCUT2D eigenvalue weighted by Crippen LogP contribution is -1.97. The normalized spacial score (nSPS) is 10.2. The smallest absolute Gasteiger partial charge is 0.335 e. The summed E-state index contributed by atoms with van der Waals surface area (Å²) in [4.78, 5) is 11.0. The highest BCUT2D eigenvalue weighted by Gasteiger charge is 2.08. The standard InChI is InChI=1S/C14H11BrO2/c1-9-6-10(8-11(7-9)14(16)17)12-4-2-3-5-13(12)15/h2-8H,1H3,(H,16,17). The molecule has 0 unspecified atom stereocenters. The predicted molar refractivity (Wildman–Crippen MR) is 71.3 cm³/mol. The number of carboxylic acids is 1. The molecule has 2 rings (SSSR count). The van der Waals surface area contributed by atoms with Gasteiger partial charge in [-0.05, 0) is 41.8 Å². The van der Waals surface area contributed by atoms with E-state index in [9.17, 15) is 4.79 Å². The van der Waals surface area contributed by atoms with Crippen molar-refractivity contribution in [3.05, 3.63) is 58.1 Å². The number of carbonyl (C=O) groups is 1. The Morgan fingerprint density at radius 3 is 2.53 bits per heavy atom. The van der Waals surface area contributed by atoms with Crippen molar-refractivity contribution in [2.45, 2.75) is 6.92 Å². The lowest BCUT2D eigenvalue weighted by molar-refractivity contribution is 0.0697. The molecule has 0 radical (unpaired) electrons. The zero-order valence-electron chi connectivity index (χ0n) is 9.27. The molecular weight excluding hydrogens is 280 g/mol. The van der Waals surface area contributed by atoms with Crippen molar-refractivity contribution < 1.29 is 9.90 Å². The number of halogens is 1. The van der Waals surface area contributed by atoms with E-state index >= 15 is 0 Å². The highest BCUT2D eigenvalue weighted by molar-refractivity contribution is 9.10. The Hall–Kier alpha value is -1.61. The van der Waals surface area contributed by atoms with Crippen LogP contribution in [0.15, 0.2) is 46.9 Å². The molecule has 17 heavy (non-hydrogen) atoms. The number of aryl methyl sites for hydroxylation is 1. The van der Waals surface area contributed by atoms with Crippen molar-refractivity contribution in [1.29, 1.82) is 0 Å². The second-order valence-corrected chi connectivity index (χ2v) is 4.73. The van der Waals surface area contributed by atoms with E-state index in [1.807, 2.05) is 37.3 Å². The second-order valence-electron chi connectivity index (χ2n) is 3.87. The monoisotopic (exact) mass is 290 g/mol. The van der Waals surface area contributed by atoms with Crippen LogP contribution >= 0.6 is 15.9 Å². The minimum Gasteiger partial charge on any atom is -0.478 e. The van der Waals surface area contributed by atoms with Gasteiger partial charge in [-0.2, -0.15) is 0 Å². The minimum absolute atomic E-state index is 0.316. The van der Waals surface area contributed by atoms with Gasteiger partial charge in [-0.3, -0.25) is 0 Å². The van der Waals surface area contributed by atoms with Crippen molar-refractivity contribution in [3.8, 4) is 11.1 Å². The van der Waals surface area contributed by atoms with E-state index < -0.39 is 5.97 Å². The van der Waals surface area contributed by atoms with Crippen molar-refractivity contribution >= 4 is 21.9 Å². The van der Waals surface area contributed by atoms with Crippen molar-refractivity contribution in [2.75, 3.05) is 0 Å². The summed E-state index contributed by atoms with van der Waals surface area (Å²) >= 11 is 3.47. The highest BCUT2D eigenvalue weighted by atomic mass is 79.9. The van der Waals surface area contributed by atoms with E-state index in [-0.39, 0.29) is 0 Å². The fraction of sp³-hybridized carbons (Fsp3) is 0.0714.